The lowest BCUT2D eigenvalue weighted by Crippen LogP contribution is -2.19. The summed E-state index contributed by atoms with van der Waals surface area (Å²) in [6.45, 7) is 22.7. The first kappa shape index (κ1) is 33.3. The zero-order chi connectivity index (χ0) is 29.8. The summed E-state index contributed by atoms with van der Waals surface area (Å²) in [5.41, 5.74) is 11.7. The summed E-state index contributed by atoms with van der Waals surface area (Å²) in [6, 6.07) is 0. The average molecular weight is 549 g/mol. The molecule has 216 valence electrons. The zero-order valence-electron chi connectivity index (χ0n) is 27.3. The van der Waals surface area contributed by atoms with Crippen molar-refractivity contribution in [3.8, 4) is 0 Å². The first-order chi connectivity index (χ1) is 18.8. The van der Waals surface area contributed by atoms with Crippen LogP contribution in [0.3, 0.4) is 0 Å². The van der Waals surface area contributed by atoms with Crippen molar-refractivity contribution >= 4 is 0 Å². The predicted octanol–water partition coefficient (Wildman–Crippen LogP) is 12.6. The van der Waals surface area contributed by atoms with Gasteiger partial charge in [-0.05, 0) is 102 Å². The van der Waals surface area contributed by atoms with Gasteiger partial charge >= 0.3 is 0 Å². The van der Waals surface area contributed by atoms with E-state index < -0.39 is 0 Å². The van der Waals surface area contributed by atoms with E-state index in [9.17, 15) is 0 Å². The molecule has 0 heteroatoms. The first-order valence-electron chi connectivity index (χ1n) is 15.3. The van der Waals surface area contributed by atoms with Crippen LogP contribution in [-0.2, 0) is 0 Å². The molecule has 0 nitrogen and oxygen atoms in total. The number of hydrogen-bond donors (Lipinski definition) is 0. The Kier molecular flexibility index (Phi) is 13.2. The molecule has 0 unspecified atom stereocenters. The van der Waals surface area contributed by atoms with Crippen molar-refractivity contribution in [2.45, 2.75) is 108 Å². The minimum absolute atomic E-state index is 0.291. The smallest absolute Gasteiger partial charge is 0.0104 e. The van der Waals surface area contributed by atoms with Crippen molar-refractivity contribution in [3.05, 3.63) is 130 Å². The second-order valence-electron chi connectivity index (χ2n) is 13.3. The molecular weight excluding hydrogens is 492 g/mol. The third-order valence-electron chi connectivity index (χ3n) is 8.38. The number of hydrogen-bond acceptors (Lipinski definition) is 0. The van der Waals surface area contributed by atoms with Gasteiger partial charge in [0.2, 0.25) is 0 Å². The van der Waals surface area contributed by atoms with E-state index in [1.165, 1.54) is 72.0 Å². The van der Waals surface area contributed by atoms with E-state index in [1.54, 1.807) is 11.1 Å². The van der Waals surface area contributed by atoms with E-state index in [2.05, 4.69) is 154 Å². The summed E-state index contributed by atoms with van der Waals surface area (Å²) in [4.78, 5) is 0. The molecule has 0 saturated heterocycles. The van der Waals surface area contributed by atoms with E-state index in [1.807, 2.05) is 0 Å². The highest BCUT2D eigenvalue weighted by molar-refractivity contribution is 5.39. The van der Waals surface area contributed by atoms with Crippen molar-refractivity contribution in [2.24, 2.45) is 10.8 Å². The summed E-state index contributed by atoms with van der Waals surface area (Å²) in [5, 5.41) is 0. The van der Waals surface area contributed by atoms with Crippen molar-refractivity contribution in [1.29, 1.82) is 0 Å². The van der Waals surface area contributed by atoms with Crippen molar-refractivity contribution < 1.29 is 0 Å². The van der Waals surface area contributed by atoms with Gasteiger partial charge in [-0.25, -0.2) is 0 Å². The highest BCUT2D eigenvalue weighted by Gasteiger charge is 2.27. The standard InChI is InChI=1S/C40H56/c1-31(19-13-21-33(3)25-27-37-35(5)23-15-29-39(37,7)8)17-11-12-18-32(2)20-14-22-34(4)26-28-38-36(6)24-16-30-40(38,9)10/h11-14,17-22,25-28H,15-16,23-24,29-30H2,1-10H3/b12-11+,19-13+,20-14+,27-25+,28-26+,31-17+,32-18+,33-21+,34-22+/i13+1,14+1,15+1,16+1,21+1,22+1,27+1,28+1,29+1,30+1,37+1,38+1. The normalized spacial score (nSPS) is 21.9. The molecule has 0 aromatic carbocycles. The minimum Gasteiger partial charge on any atom is -0.0696 e. The van der Waals surface area contributed by atoms with E-state index in [-0.39, 0.29) is 0 Å². The molecular formula is C40H56. The molecule has 0 atom stereocenters. The number of allylic oxidation sites excluding steroid dienone is 22. The van der Waals surface area contributed by atoms with Crippen LogP contribution in [0.4, 0.5) is 0 Å². The second-order valence-corrected chi connectivity index (χ2v) is 13.3. The third-order valence-corrected chi connectivity index (χ3v) is 8.38. The Morgan fingerprint density at radius 3 is 1.18 bits per heavy atom. The predicted molar refractivity (Wildman–Crippen MR) is 181 cm³/mol. The molecule has 0 spiro atoms. The van der Waals surface area contributed by atoms with Crippen LogP contribution in [0.15, 0.2) is 130 Å². The fourth-order valence-electron chi connectivity index (χ4n) is 5.79. The van der Waals surface area contributed by atoms with E-state index in [0.717, 1.165) is 0 Å². The van der Waals surface area contributed by atoms with Gasteiger partial charge in [-0.1, -0.05) is 146 Å². The van der Waals surface area contributed by atoms with Crippen LogP contribution in [0.1, 0.15) is 108 Å². The maximum absolute atomic E-state index is 2.37. The van der Waals surface area contributed by atoms with Crippen LogP contribution in [0, 0.1) is 10.8 Å². The van der Waals surface area contributed by atoms with Gasteiger partial charge in [0.05, 0.1) is 0 Å². The first-order valence-corrected chi connectivity index (χ1v) is 15.3. The Morgan fingerprint density at radius 1 is 0.500 bits per heavy atom. The molecule has 2 rings (SSSR count). The molecule has 2 aliphatic carbocycles. The highest BCUT2D eigenvalue weighted by Crippen LogP contribution is 2.41. The van der Waals surface area contributed by atoms with Crippen molar-refractivity contribution in [2.75, 3.05) is 0 Å². The Morgan fingerprint density at radius 2 is 0.825 bits per heavy atom. The van der Waals surface area contributed by atoms with Crippen LogP contribution in [0.2, 0.25) is 0 Å². The molecule has 0 heterocycles. The van der Waals surface area contributed by atoms with Crippen molar-refractivity contribution in [1.82, 2.24) is 0 Å². The van der Waals surface area contributed by atoms with Crippen LogP contribution >= 0.6 is 0 Å². The van der Waals surface area contributed by atoms with Gasteiger partial charge in [0.25, 0.3) is 0 Å². The molecule has 0 aliphatic heterocycles. The van der Waals surface area contributed by atoms with E-state index in [0.29, 0.717) is 10.8 Å². The Hall–Kier alpha value is -2.86. The van der Waals surface area contributed by atoms with Gasteiger partial charge in [0.1, 0.15) is 0 Å². The molecule has 40 heavy (non-hydrogen) atoms. The summed E-state index contributed by atoms with van der Waals surface area (Å²) < 4.78 is 0. The fourth-order valence-corrected chi connectivity index (χ4v) is 5.79. The topological polar surface area (TPSA) is 0 Å². The zero-order valence-corrected chi connectivity index (χ0v) is 27.3. The molecule has 0 N–H and O–H groups in total. The fraction of sp³-hybridized carbons (Fsp3) is 0.450. The summed E-state index contributed by atoms with van der Waals surface area (Å²) >= 11 is 0. The van der Waals surface area contributed by atoms with Crippen LogP contribution < -0.4 is 0 Å². The largest absolute Gasteiger partial charge is 0.0696 e. The Balaban J connectivity index is 1.89. The maximum Gasteiger partial charge on any atom is -0.0104 e. The molecule has 0 aromatic heterocycles. The Bertz CT molecular complexity index is 1120. The number of rotatable bonds is 10. The maximum atomic E-state index is 2.37. The molecule has 0 fully saturated rings. The molecule has 0 amide bonds. The highest BCUT2D eigenvalue weighted by atomic mass is 14.8. The lowest BCUT2D eigenvalue weighted by atomic mass is 10.0. The van der Waals surface area contributed by atoms with Crippen LogP contribution in [0.5, 0.6) is 0 Å². The van der Waals surface area contributed by atoms with Gasteiger partial charge < -0.3 is 0 Å². The average Bonchev–Trinajstić information content (AvgIpc) is 2.85. The lowest BCUT2D eigenvalue weighted by Gasteiger charge is -2.33. The quantitative estimate of drug-likeness (QED) is 0.188. The lowest BCUT2D eigenvalue weighted by molar-refractivity contribution is 0.376. The molecule has 0 saturated carbocycles. The molecule has 0 aromatic rings. The van der Waals surface area contributed by atoms with Crippen LogP contribution in [0.25, 0.3) is 0 Å². The van der Waals surface area contributed by atoms with E-state index in [4.69, 9.17) is 0 Å². The minimum atomic E-state index is 0.291. The SMILES string of the molecule is CC1=[13C](/[13CH]=C/C(C)=[13CH]/[13CH]=C/C(C)=C/C=C/C=C(C)/C=[13CH]/[13CH]=C(C)/C=[13CH]/[13C]2=C(C)C[13CH2][13CH2]C2(C)C)C(C)(C)[13CH2][13CH2]C1. The monoisotopic (exact) mass is 548 g/mol. The second kappa shape index (κ2) is 15.8. The van der Waals surface area contributed by atoms with Crippen molar-refractivity contribution in [3.63, 3.8) is 0 Å². The summed E-state index contributed by atoms with van der Waals surface area (Å²) in [6.07, 6.45) is 38.4. The summed E-state index contributed by atoms with van der Waals surface area (Å²) in [7, 11) is 0. The summed E-state index contributed by atoms with van der Waals surface area (Å²) in [5.74, 6) is 0. The van der Waals surface area contributed by atoms with Gasteiger partial charge in [-0.3, -0.25) is 0 Å². The molecule has 0 bridgehead atoms. The molecule has 2 aliphatic rings. The van der Waals surface area contributed by atoms with Gasteiger partial charge in [-0.2, -0.15) is 0 Å². The third kappa shape index (κ3) is 11.3. The van der Waals surface area contributed by atoms with Gasteiger partial charge in [0, 0.05) is 0 Å². The van der Waals surface area contributed by atoms with Crippen LogP contribution in [-0.4, -0.2) is 0 Å². The Labute approximate surface area is 247 Å². The molecule has 0 radical (unpaired) electrons. The van der Waals surface area contributed by atoms with E-state index >= 15 is 0 Å². The van der Waals surface area contributed by atoms with Gasteiger partial charge in [0.15, 0.2) is 0 Å². The van der Waals surface area contributed by atoms with Gasteiger partial charge in [-0.15, -0.1) is 0 Å².